The van der Waals surface area contributed by atoms with Gasteiger partial charge in [0.05, 0.1) is 7.11 Å². The van der Waals surface area contributed by atoms with E-state index in [2.05, 4.69) is 29.1 Å². The summed E-state index contributed by atoms with van der Waals surface area (Å²) >= 11 is 5.89. The first-order chi connectivity index (χ1) is 7.65. The Labute approximate surface area is 101 Å². The second-order valence-electron chi connectivity index (χ2n) is 4.05. The summed E-state index contributed by atoms with van der Waals surface area (Å²) < 4.78 is 5.03. The van der Waals surface area contributed by atoms with Gasteiger partial charge in [0.1, 0.15) is 0 Å². The molecule has 0 aliphatic carbocycles. The Morgan fingerprint density at radius 3 is 2.81 bits per heavy atom. The number of nitrogens with zero attached hydrogens (tertiary/aromatic N) is 2. The number of rotatable bonds is 6. The third-order valence-corrected chi connectivity index (χ3v) is 2.49. The maximum absolute atomic E-state index is 5.89. The monoisotopic (exact) mass is 243 g/mol. The number of alkyl halides is 1. The quantitative estimate of drug-likeness (QED) is 0.780. The number of halogens is 1. The molecule has 90 valence electrons. The summed E-state index contributed by atoms with van der Waals surface area (Å²) in [7, 11) is 1.58. The van der Waals surface area contributed by atoms with Crippen LogP contribution >= 0.6 is 11.6 Å². The maximum Gasteiger partial charge on any atom is 0.226 e. The molecule has 0 aliphatic rings. The molecule has 0 fully saturated rings. The van der Waals surface area contributed by atoms with Crippen molar-refractivity contribution in [3.8, 4) is 5.88 Å². The van der Waals surface area contributed by atoms with Crippen LogP contribution in [0, 0.1) is 5.92 Å². The lowest BCUT2D eigenvalue weighted by Crippen LogP contribution is -2.24. The molecule has 1 unspecified atom stereocenters. The summed E-state index contributed by atoms with van der Waals surface area (Å²) in [5, 5.41) is 3.20. The van der Waals surface area contributed by atoms with Crippen LogP contribution in [0.25, 0.3) is 0 Å². The van der Waals surface area contributed by atoms with Gasteiger partial charge in [0.2, 0.25) is 11.8 Å². The Hall–Kier alpha value is -1.03. The summed E-state index contributed by atoms with van der Waals surface area (Å²) in [5.41, 5.74) is 0. The van der Waals surface area contributed by atoms with E-state index in [1.807, 2.05) is 0 Å². The fourth-order valence-electron chi connectivity index (χ4n) is 1.44. The normalized spacial score (nSPS) is 12.6. The Kier molecular flexibility index (Phi) is 5.32. The van der Waals surface area contributed by atoms with Crippen LogP contribution in [0.2, 0.25) is 0 Å². The number of anilines is 1. The van der Waals surface area contributed by atoms with Gasteiger partial charge in [-0.05, 0) is 12.3 Å². The summed E-state index contributed by atoms with van der Waals surface area (Å²) in [4.78, 5) is 8.30. The Morgan fingerprint density at radius 2 is 2.25 bits per heavy atom. The predicted molar refractivity (Wildman–Crippen MR) is 66.2 cm³/mol. The molecule has 0 aliphatic heterocycles. The van der Waals surface area contributed by atoms with Gasteiger partial charge in [-0.3, -0.25) is 0 Å². The highest BCUT2D eigenvalue weighted by atomic mass is 35.5. The van der Waals surface area contributed by atoms with Gasteiger partial charge in [-0.2, -0.15) is 4.98 Å². The van der Waals surface area contributed by atoms with E-state index in [0.717, 1.165) is 6.42 Å². The molecule has 1 heterocycles. The van der Waals surface area contributed by atoms with E-state index in [9.17, 15) is 0 Å². The molecule has 0 radical (unpaired) electrons. The van der Waals surface area contributed by atoms with Gasteiger partial charge in [0.15, 0.2) is 0 Å². The molecule has 0 saturated heterocycles. The van der Waals surface area contributed by atoms with Crippen LogP contribution in [-0.4, -0.2) is 29.0 Å². The first-order valence-electron chi connectivity index (χ1n) is 5.35. The van der Waals surface area contributed by atoms with E-state index in [4.69, 9.17) is 16.3 Å². The predicted octanol–water partition coefficient (Wildman–Crippen LogP) is 2.55. The lowest BCUT2D eigenvalue weighted by molar-refractivity contribution is 0.397. The van der Waals surface area contributed by atoms with Crippen molar-refractivity contribution in [1.82, 2.24) is 9.97 Å². The van der Waals surface area contributed by atoms with Gasteiger partial charge >= 0.3 is 0 Å². The molecule has 0 amide bonds. The lowest BCUT2D eigenvalue weighted by atomic mass is 10.1. The summed E-state index contributed by atoms with van der Waals surface area (Å²) in [6, 6.07) is 1.90. The molecule has 1 N–H and O–H groups in total. The molecule has 16 heavy (non-hydrogen) atoms. The van der Waals surface area contributed by atoms with Gasteiger partial charge in [-0.15, -0.1) is 11.6 Å². The maximum atomic E-state index is 5.89. The first kappa shape index (κ1) is 13.0. The molecule has 1 aromatic heterocycles. The first-order valence-corrected chi connectivity index (χ1v) is 5.88. The third kappa shape index (κ3) is 4.23. The highest BCUT2D eigenvalue weighted by molar-refractivity contribution is 6.18. The van der Waals surface area contributed by atoms with Crippen molar-refractivity contribution in [3.63, 3.8) is 0 Å². The van der Waals surface area contributed by atoms with Gasteiger partial charge in [-0.25, -0.2) is 4.98 Å². The molecule has 1 atom stereocenters. The molecule has 5 heteroatoms. The summed E-state index contributed by atoms with van der Waals surface area (Å²) in [6.45, 7) is 4.32. The third-order valence-electron chi connectivity index (χ3n) is 2.11. The van der Waals surface area contributed by atoms with Crippen LogP contribution in [-0.2, 0) is 0 Å². The van der Waals surface area contributed by atoms with Crippen molar-refractivity contribution in [2.75, 3.05) is 18.3 Å². The van der Waals surface area contributed by atoms with E-state index in [1.165, 1.54) is 0 Å². The molecule has 1 rings (SSSR count). The topological polar surface area (TPSA) is 47.0 Å². The minimum atomic E-state index is 0.189. The van der Waals surface area contributed by atoms with Crippen molar-refractivity contribution in [2.45, 2.75) is 26.3 Å². The average Bonchev–Trinajstić information content (AvgIpc) is 2.28. The number of aromatic nitrogens is 2. The van der Waals surface area contributed by atoms with Gasteiger partial charge < -0.3 is 10.1 Å². The van der Waals surface area contributed by atoms with Crippen LogP contribution < -0.4 is 10.1 Å². The van der Waals surface area contributed by atoms with Crippen molar-refractivity contribution in [1.29, 1.82) is 0 Å². The zero-order valence-corrected chi connectivity index (χ0v) is 10.7. The number of methoxy groups -OCH3 is 1. The second-order valence-corrected chi connectivity index (χ2v) is 4.36. The van der Waals surface area contributed by atoms with E-state index < -0.39 is 0 Å². The molecular weight excluding hydrogens is 226 g/mol. The average molecular weight is 244 g/mol. The standard InChI is InChI=1S/C11H18ClN3O/c1-8(2)6-9(7-12)14-11-13-5-4-10(15-11)16-3/h4-5,8-9H,6-7H2,1-3H3,(H,13,14,15). The molecule has 0 bridgehead atoms. The highest BCUT2D eigenvalue weighted by Crippen LogP contribution is 2.13. The number of nitrogens with one attached hydrogen (secondary N) is 1. The fourth-order valence-corrected chi connectivity index (χ4v) is 1.64. The van der Waals surface area contributed by atoms with Gasteiger partial charge in [0, 0.05) is 24.2 Å². The smallest absolute Gasteiger partial charge is 0.226 e. The van der Waals surface area contributed by atoms with E-state index in [0.29, 0.717) is 23.6 Å². The minimum Gasteiger partial charge on any atom is -0.481 e. The van der Waals surface area contributed by atoms with Gasteiger partial charge in [0.25, 0.3) is 0 Å². The molecule has 0 aromatic carbocycles. The highest BCUT2D eigenvalue weighted by Gasteiger charge is 2.11. The van der Waals surface area contributed by atoms with E-state index >= 15 is 0 Å². The molecule has 0 spiro atoms. The summed E-state index contributed by atoms with van der Waals surface area (Å²) in [6.07, 6.45) is 2.65. The lowest BCUT2D eigenvalue weighted by Gasteiger charge is -2.17. The zero-order valence-electron chi connectivity index (χ0n) is 9.90. The molecule has 4 nitrogen and oxygen atoms in total. The number of ether oxygens (including phenoxy) is 1. The van der Waals surface area contributed by atoms with E-state index in [-0.39, 0.29) is 6.04 Å². The second kappa shape index (κ2) is 6.53. The Bertz CT molecular complexity index is 320. The molecule has 0 saturated carbocycles. The minimum absolute atomic E-state index is 0.189. The van der Waals surface area contributed by atoms with E-state index in [1.54, 1.807) is 19.4 Å². The summed E-state index contributed by atoms with van der Waals surface area (Å²) in [5.74, 6) is 2.24. The Balaban J connectivity index is 2.62. The van der Waals surface area contributed by atoms with Crippen molar-refractivity contribution in [2.24, 2.45) is 5.92 Å². The van der Waals surface area contributed by atoms with Gasteiger partial charge in [-0.1, -0.05) is 13.8 Å². The molecular formula is C11H18ClN3O. The zero-order chi connectivity index (χ0) is 12.0. The fraction of sp³-hybridized carbons (Fsp3) is 0.636. The number of hydrogen-bond donors (Lipinski definition) is 1. The van der Waals surface area contributed by atoms with Crippen LogP contribution in [0.1, 0.15) is 20.3 Å². The van der Waals surface area contributed by atoms with Crippen LogP contribution in [0.5, 0.6) is 5.88 Å². The van der Waals surface area contributed by atoms with Crippen molar-refractivity contribution < 1.29 is 4.74 Å². The van der Waals surface area contributed by atoms with Crippen LogP contribution in [0.3, 0.4) is 0 Å². The molecule has 1 aromatic rings. The number of hydrogen-bond acceptors (Lipinski definition) is 4. The van der Waals surface area contributed by atoms with Crippen LogP contribution in [0.15, 0.2) is 12.3 Å². The van der Waals surface area contributed by atoms with Crippen molar-refractivity contribution >= 4 is 17.5 Å². The van der Waals surface area contributed by atoms with Crippen LogP contribution in [0.4, 0.5) is 5.95 Å². The van der Waals surface area contributed by atoms with Crippen molar-refractivity contribution in [3.05, 3.63) is 12.3 Å². The Morgan fingerprint density at radius 1 is 1.50 bits per heavy atom. The largest absolute Gasteiger partial charge is 0.481 e. The SMILES string of the molecule is COc1ccnc(NC(CCl)CC(C)C)n1.